The average molecular weight is 605 g/mol. The number of rotatable bonds is 6. The molecule has 46 heavy (non-hydrogen) atoms. The molecule has 9 rings (SSSR count). The maximum atomic E-state index is 5.17. The maximum Gasteiger partial charge on any atom is 0.124 e. The molecular formula is C43H28N2S. The molecule has 2 nitrogen and oxygen atoms in total. The lowest BCUT2D eigenvalue weighted by Gasteiger charge is -2.27. The molecule has 7 aromatic carbocycles. The predicted octanol–water partition coefficient (Wildman–Crippen LogP) is 12.4. The van der Waals surface area contributed by atoms with Crippen molar-refractivity contribution in [2.24, 2.45) is 0 Å². The van der Waals surface area contributed by atoms with Crippen LogP contribution in [0.5, 0.6) is 0 Å². The molecule has 1 aliphatic rings. The van der Waals surface area contributed by atoms with Crippen molar-refractivity contribution in [2.75, 3.05) is 4.90 Å². The smallest absolute Gasteiger partial charge is 0.124 e. The van der Waals surface area contributed by atoms with Crippen LogP contribution >= 0.6 is 11.3 Å². The maximum absolute atomic E-state index is 5.17. The number of benzene rings is 7. The van der Waals surface area contributed by atoms with Crippen LogP contribution in [-0.4, -0.2) is 4.98 Å². The molecule has 0 fully saturated rings. The highest BCUT2D eigenvalue weighted by atomic mass is 32.1. The molecule has 0 unspecified atom stereocenters. The second kappa shape index (κ2) is 11.0. The van der Waals surface area contributed by atoms with Crippen LogP contribution in [0.15, 0.2) is 170 Å². The summed E-state index contributed by atoms with van der Waals surface area (Å²) in [4.78, 5) is 8.79. The van der Waals surface area contributed by atoms with Gasteiger partial charge in [0.25, 0.3) is 0 Å². The van der Waals surface area contributed by atoms with Crippen molar-refractivity contribution in [1.82, 2.24) is 4.98 Å². The SMILES string of the molecule is c1ccc(-c2ccc(N(c3ccc(-c4ccccc4)cc3)c3cc4c5c(cccc5c3)-c3nc(-c5ccccc5)sc3-4)cc2)cc1. The van der Waals surface area contributed by atoms with E-state index in [0.717, 1.165) is 33.3 Å². The van der Waals surface area contributed by atoms with Crippen LogP contribution in [-0.2, 0) is 0 Å². The molecule has 0 amide bonds. The summed E-state index contributed by atoms with van der Waals surface area (Å²) in [5.41, 5.74) is 12.9. The fourth-order valence-corrected chi connectivity index (χ4v) is 7.73. The number of fused-ring (bicyclic) bond motifs is 3. The molecular weight excluding hydrogens is 577 g/mol. The van der Waals surface area contributed by atoms with Gasteiger partial charge in [0, 0.05) is 33.8 Å². The van der Waals surface area contributed by atoms with Crippen molar-refractivity contribution in [2.45, 2.75) is 0 Å². The summed E-state index contributed by atoms with van der Waals surface area (Å²) in [5, 5.41) is 3.57. The Morgan fingerprint density at radius 1 is 0.413 bits per heavy atom. The van der Waals surface area contributed by atoms with Crippen LogP contribution in [0.25, 0.3) is 65.3 Å². The summed E-state index contributed by atoms with van der Waals surface area (Å²) in [6, 6.07) is 60.8. The van der Waals surface area contributed by atoms with Gasteiger partial charge in [-0.1, -0.05) is 133 Å². The first kappa shape index (κ1) is 26.6. The van der Waals surface area contributed by atoms with Gasteiger partial charge in [-0.3, -0.25) is 0 Å². The van der Waals surface area contributed by atoms with Crippen LogP contribution in [0.3, 0.4) is 0 Å². The quantitative estimate of drug-likeness (QED) is 0.188. The average Bonchev–Trinajstić information content (AvgIpc) is 3.70. The molecule has 0 atom stereocenters. The third-order valence-electron chi connectivity index (χ3n) is 8.83. The van der Waals surface area contributed by atoms with E-state index in [1.807, 2.05) is 0 Å². The number of thiazole rings is 1. The van der Waals surface area contributed by atoms with Crippen LogP contribution in [0.1, 0.15) is 0 Å². The lowest BCUT2D eigenvalue weighted by Crippen LogP contribution is -2.10. The number of hydrogen-bond donors (Lipinski definition) is 0. The molecule has 0 spiro atoms. The van der Waals surface area contributed by atoms with E-state index in [-0.39, 0.29) is 0 Å². The van der Waals surface area contributed by atoms with E-state index in [1.165, 1.54) is 49.0 Å². The minimum atomic E-state index is 1.06. The minimum absolute atomic E-state index is 1.06. The van der Waals surface area contributed by atoms with E-state index >= 15 is 0 Å². The number of hydrogen-bond acceptors (Lipinski definition) is 3. The lowest BCUT2D eigenvalue weighted by atomic mass is 10.0. The second-order valence-electron chi connectivity index (χ2n) is 11.6. The monoisotopic (exact) mass is 604 g/mol. The van der Waals surface area contributed by atoms with Gasteiger partial charge in [0.15, 0.2) is 0 Å². The summed E-state index contributed by atoms with van der Waals surface area (Å²) in [6.45, 7) is 0. The van der Waals surface area contributed by atoms with E-state index in [9.17, 15) is 0 Å². The van der Waals surface area contributed by atoms with Gasteiger partial charge in [0.2, 0.25) is 0 Å². The topological polar surface area (TPSA) is 16.1 Å². The molecule has 0 bridgehead atoms. The van der Waals surface area contributed by atoms with Gasteiger partial charge in [-0.25, -0.2) is 4.98 Å². The Labute approximate surface area is 272 Å². The van der Waals surface area contributed by atoms with Gasteiger partial charge in [0.05, 0.1) is 10.6 Å². The molecule has 216 valence electrons. The zero-order valence-electron chi connectivity index (χ0n) is 25.0. The van der Waals surface area contributed by atoms with Gasteiger partial charge in [-0.05, 0) is 69.4 Å². The van der Waals surface area contributed by atoms with Crippen molar-refractivity contribution in [3.8, 4) is 54.5 Å². The van der Waals surface area contributed by atoms with Crippen LogP contribution in [0.2, 0.25) is 0 Å². The molecule has 0 saturated carbocycles. The Bertz CT molecular complexity index is 2240. The van der Waals surface area contributed by atoms with Crippen molar-refractivity contribution < 1.29 is 0 Å². The first-order valence-corrected chi connectivity index (χ1v) is 16.4. The van der Waals surface area contributed by atoms with Crippen molar-refractivity contribution in [3.05, 3.63) is 170 Å². The van der Waals surface area contributed by atoms with Gasteiger partial charge in [-0.2, -0.15) is 0 Å². The summed E-state index contributed by atoms with van der Waals surface area (Å²) >= 11 is 1.79. The van der Waals surface area contributed by atoms with Crippen molar-refractivity contribution in [1.29, 1.82) is 0 Å². The first-order valence-electron chi connectivity index (χ1n) is 15.5. The largest absolute Gasteiger partial charge is 0.310 e. The highest BCUT2D eigenvalue weighted by Crippen LogP contribution is 2.53. The van der Waals surface area contributed by atoms with Gasteiger partial charge < -0.3 is 4.90 Å². The van der Waals surface area contributed by atoms with E-state index in [1.54, 1.807) is 11.3 Å². The second-order valence-corrected chi connectivity index (χ2v) is 12.6. The Balaban J connectivity index is 1.20. The number of nitrogens with zero attached hydrogens (tertiary/aromatic N) is 2. The Hall–Kier alpha value is -5.77. The van der Waals surface area contributed by atoms with Gasteiger partial charge in [-0.15, -0.1) is 11.3 Å². The van der Waals surface area contributed by atoms with Crippen LogP contribution in [0, 0.1) is 0 Å². The minimum Gasteiger partial charge on any atom is -0.310 e. The molecule has 0 N–H and O–H groups in total. The molecule has 1 aliphatic carbocycles. The number of aromatic nitrogens is 1. The number of anilines is 3. The highest BCUT2D eigenvalue weighted by molar-refractivity contribution is 7.19. The molecule has 3 heteroatoms. The first-order chi connectivity index (χ1) is 22.8. The predicted molar refractivity (Wildman–Crippen MR) is 195 cm³/mol. The zero-order valence-corrected chi connectivity index (χ0v) is 25.8. The standard InChI is InChI=1S/C43H28N2S/c1-4-11-29(12-5-1)31-19-23-35(24-20-31)45(36-25-21-32(22-26-36)30-13-6-2-7-14-30)37-27-34-17-10-18-38-40(34)39(28-37)42-41(38)44-43(46-42)33-15-8-3-9-16-33/h1-28H. The fourth-order valence-electron chi connectivity index (χ4n) is 6.62. The Morgan fingerprint density at radius 3 is 1.50 bits per heavy atom. The van der Waals surface area contributed by atoms with Crippen molar-refractivity contribution >= 4 is 39.2 Å². The summed E-state index contributed by atoms with van der Waals surface area (Å²) in [7, 11) is 0. The zero-order chi connectivity index (χ0) is 30.5. The van der Waals surface area contributed by atoms with E-state index in [2.05, 4.69) is 175 Å². The van der Waals surface area contributed by atoms with Crippen molar-refractivity contribution in [3.63, 3.8) is 0 Å². The molecule has 1 heterocycles. The van der Waals surface area contributed by atoms with E-state index in [4.69, 9.17) is 4.98 Å². The molecule has 8 aromatic rings. The van der Waals surface area contributed by atoms with Gasteiger partial charge in [0.1, 0.15) is 5.01 Å². The summed E-state index contributed by atoms with van der Waals surface area (Å²) in [6.07, 6.45) is 0. The normalized spacial score (nSPS) is 11.5. The van der Waals surface area contributed by atoms with E-state index in [0.29, 0.717) is 0 Å². The molecule has 0 saturated heterocycles. The van der Waals surface area contributed by atoms with E-state index < -0.39 is 0 Å². The molecule has 0 radical (unpaired) electrons. The van der Waals surface area contributed by atoms with Gasteiger partial charge >= 0.3 is 0 Å². The highest BCUT2D eigenvalue weighted by Gasteiger charge is 2.28. The summed E-state index contributed by atoms with van der Waals surface area (Å²) in [5.74, 6) is 0. The van der Waals surface area contributed by atoms with Crippen LogP contribution in [0.4, 0.5) is 17.1 Å². The Morgan fingerprint density at radius 2 is 0.935 bits per heavy atom. The third kappa shape index (κ3) is 4.52. The lowest BCUT2D eigenvalue weighted by molar-refractivity contribution is 1.29. The summed E-state index contributed by atoms with van der Waals surface area (Å²) < 4.78 is 0. The molecule has 1 aromatic heterocycles. The van der Waals surface area contributed by atoms with Crippen LogP contribution < -0.4 is 4.90 Å². The third-order valence-corrected chi connectivity index (χ3v) is 9.97. The molecule has 0 aliphatic heterocycles. The Kier molecular flexibility index (Phi) is 6.36. The fraction of sp³-hybridized carbons (Fsp3) is 0.